The first-order chi connectivity index (χ1) is 8.33. The summed E-state index contributed by atoms with van der Waals surface area (Å²) in [5.74, 6) is 0.922. The maximum Gasteiger partial charge on any atom is 0.390 e. The van der Waals surface area contributed by atoms with Crippen LogP contribution in [0.2, 0.25) is 5.15 Å². The first kappa shape index (κ1) is 15.0. The normalized spacial score (nSPS) is 11.7. The van der Waals surface area contributed by atoms with Crippen molar-refractivity contribution in [3.63, 3.8) is 0 Å². The van der Waals surface area contributed by atoms with Gasteiger partial charge in [-0.2, -0.15) is 13.2 Å². The van der Waals surface area contributed by atoms with Gasteiger partial charge < -0.3 is 5.32 Å². The number of halogens is 4. The molecule has 0 fully saturated rings. The number of hydrogen-bond acceptors (Lipinski definition) is 3. The van der Waals surface area contributed by atoms with Crippen LogP contribution in [0.3, 0.4) is 0 Å². The zero-order chi connectivity index (χ0) is 13.8. The fraction of sp³-hybridized carbons (Fsp3) is 0.636. The monoisotopic (exact) mass is 281 g/mol. The Bertz CT molecular complexity index is 407. The third kappa shape index (κ3) is 4.68. The van der Waals surface area contributed by atoms with Crippen LogP contribution < -0.4 is 5.32 Å². The number of rotatable bonds is 5. The quantitative estimate of drug-likeness (QED) is 0.835. The lowest BCUT2D eigenvalue weighted by Crippen LogP contribution is -2.16. The maximum atomic E-state index is 12.0. The van der Waals surface area contributed by atoms with Gasteiger partial charge in [0.05, 0.1) is 6.42 Å². The second-order valence-electron chi connectivity index (χ2n) is 3.95. The predicted octanol–water partition coefficient (Wildman–Crippen LogP) is 3.76. The molecule has 1 heterocycles. The molecule has 0 saturated carbocycles. The molecule has 0 unspecified atom stereocenters. The summed E-state index contributed by atoms with van der Waals surface area (Å²) in [6.45, 7) is 3.42. The highest BCUT2D eigenvalue weighted by molar-refractivity contribution is 6.30. The third-order valence-corrected chi connectivity index (χ3v) is 2.68. The SMILES string of the molecule is CCCc1nc(Cl)c(C)c(NCCC(F)(F)F)n1. The van der Waals surface area contributed by atoms with E-state index < -0.39 is 12.6 Å². The number of nitrogens with zero attached hydrogens (tertiary/aromatic N) is 2. The number of nitrogens with one attached hydrogen (secondary N) is 1. The summed E-state index contributed by atoms with van der Waals surface area (Å²) in [7, 11) is 0. The van der Waals surface area contributed by atoms with Crippen molar-refractivity contribution in [2.75, 3.05) is 11.9 Å². The van der Waals surface area contributed by atoms with Gasteiger partial charge >= 0.3 is 6.18 Å². The smallest absolute Gasteiger partial charge is 0.369 e. The molecule has 0 atom stereocenters. The summed E-state index contributed by atoms with van der Waals surface area (Å²) in [6, 6.07) is 0. The zero-order valence-electron chi connectivity index (χ0n) is 10.2. The van der Waals surface area contributed by atoms with Crippen molar-refractivity contribution in [1.82, 2.24) is 9.97 Å². The van der Waals surface area contributed by atoms with E-state index in [1.165, 1.54) is 0 Å². The topological polar surface area (TPSA) is 37.8 Å². The van der Waals surface area contributed by atoms with Gasteiger partial charge in [-0.05, 0) is 13.3 Å². The molecule has 0 radical (unpaired) electrons. The maximum absolute atomic E-state index is 12.0. The van der Waals surface area contributed by atoms with Crippen molar-refractivity contribution in [1.29, 1.82) is 0 Å². The molecule has 0 aromatic carbocycles. The highest BCUT2D eigenvalue weighted by Gasteiger charge is 2.26. The van der Waals surface area contributed by atoms with Crippen LogP contribution in [0, 0.1) is 6.92 Å². The third-order valence-electron chi connectivity index (χ3n) is 2.31. The molecule has 18 heavy (non-hydrogen) atoms. The zero-order valence-corrected chi connectivity index (χ0v) is 11.0. The van der Waals surface area contributed by atoms with Crippen molar-refractivity contribution < 1.29 is 13.2 Å². The highest BCUT2D eigenvalue weighted by atomic mass is 35.5. The molecule has 0 aliphatic rings. The average molecular weight is 282 g/mol. The molecule has 7 heteroatoms. The predicted molar refractivity (Wildman–Crippen MR) is 64.9 cm³/mol. The lowest BCUT2D eigenvalue weighted by molar-refractivity contribution is -0.131. The fourth-order valence-corrected chi connectivity index (χ4v) is 1.55. The number of alkyl halides is 3. The molecule has 0 aliphatic carbocycles. The Balaban J connectivity index is 2.74. The average Bonchev–Trinajstić information content (AvgIpc) is 2.23. The van der Waals surface area contributed by atoms with E-state index in [1.54, 1.807) is 6.92 Å². The van der Waals surface area contributed by atoms with Gasteiger partial charge in [-0.3, -0.25) is 0 Å². The Labute approximate surface area is 109 Å². The van der Waals surface area contributed by atoms with Crippen LogP contribution in [0.5, 0.6) is 0 Å². The van der Waals surface area contributed by atoms with E-state index in [4.69, 9.17) is 11.6 Å². The van der Waals surface area contributed by atoms with Crippen LogP contribution in [0.4, 0.5) is 19.0 Å². The van der Waals surface area contributed by atoms with E-state index in [2.05, 4.69) is 15.3 Å². The molecule has 3 nitrogen and oxygen atoms in total. The van der Waals surface area contributed by atoms with Crippen molar-refractivity contribution in [3.05, 3.63) is 16.5 Å². The molecular weight excluding hydrogens is 267 g/mol. The molecule has 1 rings (SSSR count). The van der Waals surface area contributed by atoms with Crippen molar-refractivity contribution >= 4 is 17.4 Å². The first-order valence-corrected chi connectivity index (χ1v) is 6.05. The molecule has 1 aromatic heterocycles. The molecule has 0 bridgehead atoms. The minimum absolute atomic E-state index is 0.219. The lowest BCUT2D eigenvalue weighted by Gasteiger charge is -2.12. The van der Waals surface area contributed by atoms with E-state index in [0.29, 0.717) is 23.6 Å². The lowest BCUT2D eigenvalue weighted by atomic mass is 10.3. The Hall–Kier alpha value is -1.04. The van der Waals surface area contributed by atoms with Crippen molar-refractivity contribution in [2.24, 2.45) is 0 Å². The molecule has 1 N–H and O–H groups in total. The van der Waals surface area contributed by atoms with Gasteiger partial charge in [0.2, 0.25) is 0 Å². The minimum Gasteiger partial charge on any atom is -0.369 e. The molecule has 0 spiro atoms. The number of aryl methyl sites for hydroxylation is 1. The standard InChI is InChI=1S/C11H15ClF3N3/c1-3-4-8-17-9(12)7(2)10(18-8)16-6-5-11(13,14)15/h3-6H2,1-2H3,(H,16,17,18). The van der Waals surface area contributed by atoms with Gasteiger partial charge in [-0.25, -0.2) is 9.97 Å². The van der Waals surface area contributed by atoms with Gasteiger partial charge in [0.1, 0.15) is 16.8 Å². The molecule has 0 aliphatic heterocycles. The van der Waals surface area contributed by atoms with Crippen molar-refractivity contribution in [3.8, 4) is 0 Å². The van der Waals surface area contributed by atoms with Gasteiger partial charge in [0.15, 0.2) is 0 Å². The second-order valence-corrected chi connectivity index (χ2v) is 4.30. The summed E-state index contributed by atoms with van der Waals surface area (Å²) in [5, 5.41) is 2.93. The van der Waals surface area contributed by atoms with Crippen LogP contribution in [0.25, 0.3) is 0 Å². The fourth-order valence-electron chi connectivity index (χ4n) is 1.36. The molecule has 102 valence electrons. The van der Waals surface area contributed by atoms with E-state index in [0.717, 1.165) is 6.42 Å². The molecule has 0 amide bonds. The van der Waals surface area contributed by atoms with E-state index >= 15 is 0 Å². The van der Waals surface area contributed by atoms with Gasteiger partial charge in [0, 0.05) is 18.5 Å². The van der Waals surface area contributed by atoms with Crippen LogP contribution >= 0.6 is 11.6 Å². The Morgan fingerprint density at radius 2 is 1.94 bits per heavy atom. The number of anilines is 1. The van der Waals surface area contributed by atoms with Crippen LogP contribution in [0.15, 0.2) is 0 Å². The largest absolute Gasteiger partial charge is 0.390 e. The van der Waals surface area contributed by atoms with Gasteiger partial charge in [0.25, 0.3) is 0 Å². The highest BCUT2D eigenvalue weighted by Crippen LogP contribution is 2.22. The Kier molecular flexibility index (Phi) is 5.19. The molecule has 1 aromatic rings. The van der Waals surface area contributed by atoms with Crippen LogP contribution in [-0.2, 0) is 6.42 Å². The van der Waals surface area contributed by atoms with Crippen LogP contribution in [-0.4, -0.2) is 22.7 Å². The summed E-state index contributed by atoms with van der Waals surface area (Å²) < 4.78 is 36.1. The molecule has 0 saturated heterocycles. The summed E-state index contributed by atoms with van der Waals surface area (Å²) in [5.41, 5.74) is 0.568. The molecular formula is C11H15ClF3N3. The van der Waals surface area contributed by atoms with E-state index in [-0.39, 0.29) is 11.7 Å². The Morgan fingerprint density at radius 3 is 2.50 bits per heavy atom. The van der Waals surface area contributed by atoms with E-state index in [9.17, 15) is 13.2 Å². The van der Waals surface area contributed by atoms with Crippen LogP contribution in [0.1, 0.15) is 31.2 Å². The first-order valence-electron chi connectivity index (χ1n) is 5.67. The van der Waals surface area contributed by atoms with Crippen molar-refractivity contribution in [2.45, 2.75) is 39.3 Å². The summed E-state index contributed by atoms with van der Waals surface area (Å²) in [4.78, 5) is 8.24. The minimum atomic E-state index is -4.18. The number of hydrogen-bond donors (Lipinski definition) is 1. The second kappa shape index (κ2) is 6.22. The number of aromatic nitrogens is 2. The summed E-state index contributed by atoms with van der Waals surface area (Å²) >= 11 is 5.91. The van der Waals surface area contributed by atoms with Gasteiger partial charge in [-0.15, -0.1) is 0 Å². The van der Waals surface area contributed by atoms with Gasteiger partial charge in [-0.1, -0.05) is 18.5 Å². The Morgan fingerprint density at radius 1 is 1.28 bits per heavy atom. The summed E-state index contributed by atoms with van der Waals surface area (Å²) in [6.07, 6.45) is -3.59. The van der Waals surface area contributed by atoms with E-state index in [1.807, 2.05) is 6.92 Å².